The number of amides is 1. The Morgan fingerprint density at radius 1 is 0.966 bits per heavy atom. The van der Waals surface area contributed by atoms with Gasteiger partial charge in [0.1, 0.15) is 11.4 Å². The molecule has 0 atom stereocenters. The van der Waals surface area contributed by atoms with Gasteiger partial charge in [0.05, 0.1) is 12.8 Å². The minimum atomic E-state index is -0.0404. The summed E-state index contributed by atoms with van der Waals surface area (Å²) < 4.78 is 5.38. The van der Waals surface area contributed by atoms with E-state index in [1.165, 1.54) is 5.69 Å². The largest absolute Gasteiger partial charge is 0.495 e. The molecule has 4 rings (SSSR count). The number of aromatic nitrogens is 1. The molecule has 0 saturated carbocycles. The van der Waals surface area contributed by atoms with Crippen molar-refractivity contribution in [2.45, 2.75) is 0 Å². The SMILES string of the molecule is COc1ccccc1Nc1ccnc(C(=O)N2CCN(c3ccccc3)CC2)c1. The first kappa shape index (κ1) is 18.8. The number of pyridine rings is 1. The van der Waals surface area contributed by atoms with Crippen molar-refractivity contribution in [2.75, 3.05) is 43.5 Å². The molecule has 1 aliphatic rings. The Morgan fingerprint density at radius 2 is 1.69 bits per heavy atom. The van der Waals surface area contributed by atoms with E-state index in [-0.39, 0.29) is 5.91 Å². The zero-order valence-corrected chi connectivity index (χ0v) is 16.4. The summed E-state index contributed by atoms with van der Waals surface area (Å²) in [5, 5.41) is 3.31. The first-order chi connectivity index (χ1) is 14.2. The monoisotopic (exact) mass is 388 g/mol. The molecule has 2 aromatic carbocycles. The van der Waals surface area contributed by atoms with Gasteiger partial charge in [-0.2, -0.15) is 0 Å². The van der Waals surface area contributed by atoms with E-state index in [1.54, 1.807) is 19.4 Å². The third kappa shape index (κ3) is 4.32. The molecule has 0 unspecified atom stereocenters. The van der Waals surface area contributed by atoms with Crippen LogP contribution in [-0.2, 0) is 0 Å². The lowest BCUT2D eigenvalue weighted by molar-refractivity contribution is 0.0741. The molecule has 1 saturated heterocycles. The number of carbonyl (C=O) groups excluding carboxylic acids is 1. The minimum absolute atomic E-state index is 0.0404. The number of methoxy groups -OCH3 is 1. The van der Waals surface area contributed by atoms with Crippen molar-refractivity contribution < 1.29 is 9.53 Å². The fourth-order valence-electron chi connectivity index (χ4n) is 3.50. The molecule has 2 heterocycles. The molecule has 6 heteroatoms. The van der Waals surface area contributed by atoms with Crippen molar-refractivity contribution in [3.05, 3.63) is 78.6 Å². The lowest BCUT2D eigenvalue weighted by atomic mass is 10.2. The molecule has 29 heavy (non-hydrogen) atoms. The van der Waals surface area contributed by atoms with Gasteiger partial charge >= 0.3 is 0 Å². The molecule has 148 valence electrons. The van der Waals surface area contributed by atoms with Gasteiger partial charge in [0.25, 0.3) is 5.91 Å². The average molecular weight is 388 g/mol. The molecule has 0 aliphatic carbocycles. The number of benzene rings is 2. The number of piperazine rings is 1. The number of hydrogen-bond acceptors (Lipinski definition) is 5. The van der Waals surface area contributed by atoms with E-state index in [4.69, 9.17) is 4.74 Å². The van der Waals surface area contributed by atoms with Crippen LogP contribution in [0.2, 0.25) is 0 Å². The highest BCUT2D eigenvalue weighted by atomic mass is 16.5. The fraction of sp³-hybridized carbons (Fsp3) is 0.217. The van der Waals surface area contributed by atoms with Gasteiger partial charge in [-0.1, -0.05) is 30.3 Å². The third-order valence-corrected chi connectivity index (χ3v) is 5.05. The summed E-state index contributed by atoms with van der Waals surface area (Å²) in [5.41, 5.74) is 3.28. The highest BCUT2D eigenvalue weighted by Crippen LogP contribution is 2.27. The summed E-state index contributed by atoms with van der Waals surface area (Å²) in [4.78, 5) is 21.4. The van der Waals surface area contributed by atoms with Gasteiger partial charge in [-0.15, -0.1) is 0 Å². The lowest BCUT2D eigenvalue weighted by Crippen LogP contribution is -2.49. The van der Waals surface area contributed by atoms with Crippen molar-refractivity contribution in [1.29, 1.82) is 0 Å². The number of carbonyl (C=O) groups is 1. The first-order valence-corrected chi connectivity index (χ1v) is 9.70. The van der Waals surface area contributed by atoms with Crippen LogP contribution in [0.25, 0.3) is 0 Å². The fourth-order valence-corrected chi connectivity index (χ4v) is 3.50. The van der Waals surface area contributed by atoms with Crippen LogP contribution in [0.15, 0.2) is 72.9 Å². The number of nitrogens with zero attached hydrogens (tertiary/aromatic N) is 3. The van der Waals surface area contributed by atoms with E-state index in [0.717, 1.165) is 30.2 Å². The van der Waals surface area contributed by atoms with Gasteiger partial charge < -0.3 is 19.9 Å². The third-order valence-electron chi connectivity index (χ3n) is 5.05. The summed E-state index contributed by atoms with van der Waals surface area (Å²) in [5.74, 6) is 0.704. The highest BCUT2D eigenvalue weighted by Gasteiger charge is 2.23. The normalized spacial score (nSPS) is 13.8. The number of anilines is 3. The molecule has 1 amide bonds. The van der Waals surface area contributed by atoms with E-state index in [1.807, 2.05) is 53.4 Å². The first-order valence-electron chi connectivity index (χ1n) is 9.70. The lowest BCUT2D eigenvalue weighted by Gasteiger charge is -2.36. The topological polar surface area (TPSA) is 57.7 Å². The zero-order chi connectivity index (χ0) is 20.1. The second-order valence-corrected chi connectivity index (χ2v) is 6.87. The summed E-state index contributed by atoms with van der Waals surface area (Å²) in [6.07, 6.45) is 1.66. The van der Waals surface area contributed by atoms with Crippen LogP contribution >= 0.6 is 0 Å². The van der Waals surface area contributed by atoms with Crippen LogP contribution in [-0.4, -0.2) is 49.1 Å². The van der Waals surface area contributed by atoms with Crippen LogP contribution in [0.5, 0.6) is 5.75 Å². The molecule has 1 aromatic heterocycles. The number of ether oxygens (including phenoxy) is 1. The van der Waals surface area contributed by atoms with Gasteiger partial charge in [-0.3, -0.25) is 9.78 Å². The van der Waals surface area contributed by atoms with Crippen molar-refractivity contribution in [3.63, 3.8) is 0 Å². The Morgan fingerprint density at radius 3 is 2.45 bits per heavy atom. The van der Waals surface area contributed by atoms with Crippen molar-refractivity contribution in [3.8, 4) is 5.75 Å². The van der Waals surface area contributed by atoms with Crippen LogP contribution < -0.4 is 15.0 Å². The Hall–Kier alpha value is -3.54. The number of rotatable bonds is 5. The molecular formula is C23H24N4O2. The van der Waals surface area contributed by atoms with Gasteiger partial charge in [-0.25, -0.2) is 0 Å². The van der Waals surface area contributed by atoms with Crippen molar-refractivity contribution in [2.24, 2.45) is 0 Å². The van der Waals surface area contributed by atoms with Crippen molar-refractivity contribution >= 4 is 23.0 Å². The van der Waals surface area contributed by atoms with E-state index < -0.39 is 0 Å². The maximum Gasteiger partial charge on any atom is 0.272 e. The van der Waals surface area contributed by atoms with Crippen molar-refractivity contribution in [1.82, 2.24) is 9.88 Å². The van der Waals surface area contributed by atoms with Gasteiger partial charge in [0.15, 0.2) is 0 Å². The Labute approximate surface area is 170 Å². The second-order valence-electron chi connectivity index (χ2n) is 6.87. The second kappa shape index (κ2) is 8.65. The van der Waals surface area contributed by atoms with Gasteiger partial charge in [-0.05, 0) is 36.4 Å². The summed E-state index contributed by atoms with van der Waals surface area (Å²) in [7, 11) is 1.64. The zero-order valence-electron chi connectivity index (χ0n) is 16.4. The van der Waals surface area contributed by atoms with E-state index in [9.17, 15) is 4.79 Å². The predicted molar refractivity (Wildman–Crippen MR) is 115 cm³/mol. The number of para-hydroxylation sites is 3. The van der Waals surface area contributed by atoms with E-state index in [2.05, 4.69) is 27.3 Å². The molecule has 1 aliphatic heterocycles. The molecule has 0 spiro atoms. The van der Waals surface area contributed by atoms with E-state index >= 15 is 0 Å². The quantitative estimate of drug-likeness (QED) is 0.721. The van der Waals surface area contributed by atoms with Gasteiger partial charge in [0.2, 0.25) is 0 Å². The Bertz CT molecular complexity index is 969. The molecule has 1 N–H and O–H groups in total. The van der Waals surface area contributed by atoms with Crippen LogP contribution in [0.4, 0.5) is 17.1 Å². The van der Waals surface area contributed by atoms with Crippen LogP contribution in [0.3, 0.4) is 0 Å². The number of hydrogen-bond donors (Lipinski definition) is 1. The number of nitrogens with one attached hydrogen (secondary N) is 1. The molecule has 1 fully saturated rings. The molecule has 3 aromatic rings. The summed E-state index contributed by atoms with van der Waals surface area (Å²) >= 11 is 0. The van der Waals surface area contributed by atoms with Crippen LogP contribution in [0.1, 0.15) is 10.5 Å². The molecular weight excluding hydrogens is 364 g/mol. The standard InChI is InChI=1S/C23H24N4O2/c1-29-22-10-6-5-9-20(22)25-18-11-12-24-21(17-18)23(28)27-15-13-26(14-16-27)19-7-3-2-4-8-19/h2-12,17H,13-16H2,1H3,(H,24,25). The molecule has 0 radical (unpaired) electrons. The smallest absolute Gasteiger partial charge is 0.272 e. The maximum atomic E-state index is 13.0. The van der Waals surface area contributed by atoms with Gasteiger partial charge in [0, 0.05) is 43.8 Å². The maximum absolute atomic E-state index is 13.0. The predicted octanol–water partition coefficient (Wildman–Crippen LogP) is 3.80. The molecule has 6 nitrogen and oxygen atoms in total. The Balaban J connectivity index is 1.43. The summed E-state index contributed by atoms with van der Waals surface area (Å²) in [6.45, 7) is 2.99. The highest BCUT2D eigenvalue weighted by molar-refractivity contribution is 5.93. The summed E-state index contributed by atoms with van der Waals surface area (Å²) in [6, 6.07) is 21.6. The molecule has 0 bridgehead atoms. The Kier molecular flexibility index (Phi) is 5.61. The van der Waals surface area contributed by atoms with Crippen LogP contribution in [0, 0.1) is 0 Å². The minimum Gasteiger partial charge on any atom is -0.495 e. The average Bonchev–Trinajstić information content (AvgIpc) is 2.80. The van der Waals surface area contributed by atoms with E-state index in [0.29, 0.717) is 18.8 Å².